The first-order chi connectivity index (χ1) is 9.01. The standard InChI is InChI=1S/C16H19N3/c1-5-16(2,3)19(4)15-12(10-17)11-18-14-9-7-6-8-13(14)15/h6-9,11H,5H2,1-4H3. The van der Waals surface area contributed by atoms with E-state index in [4.69, 9.17) is 0 Å². The zero-order valence-corrected chi connectivity index (χ0v) is 11.9. The number of nitriles is 1. The minimum absolute atomic E-state index is 0.00424. The fraction of sp³-hybridized carbons (Fsp3) is 0.375. The highest BCUT2D eigenvalue weighted by Crippen LogP contribution is 2.33. The second-order valence-electron chi connectivity index (χ2n) is 5.37. The lowest BCUT2D eigenvalue weighted by Gasteiger charge is -2.37. The quantitative estimate of drug-likeness (QED) is 0.836. The summed E-state index contributed by atoms with van der Waals surface area (Å²) in [5.41, 5.74) is 2.52. The van der Waals surface area contributed by atoms with Crippen molar-refractivity contribution in [1.82, 2.24) is 4.98 Å². The van der Waals surface area contributed by atoms with Gasteiger partial charge in [-0.05, 0) is 26.3 Å². The Morgan fingerprint density at radius 2 is 2.00 bits per heavy atom. The summed E-state index contributed by atoms with van der Waals surface area (Å²) in [4.78, 5) is 6.54. The molecular weight excluding hydrogens is 234 g/mol. The molecule has 3 nitrogen and oxygen atoms in total. The predicted octanol–water partition coefficient (Wildman–Crippen LogP) is 3.73. The molecular formula is C16H19N3. The van der Waals surface area contributed by atoms with Gasteiger partial charge in [0.15, 0.2) is 0 Å². The number of aromatic nitrogens is 1. The molecule has 0 atom stereocenters. The van der Waals surface area contributed by atoms with Crippen molar-refractivity contribution in [3.05, 3.63) is 36.0 Å². The monoisotopic (exact) mass is 253 g/mol. The molecule has 0 saturated carbocycles. The van der Waals surface area contributed by atoms with Gasteiger partial charge in [0.1, 0.15) is 6.07 Å². The Hall–Kier alpha value is -2.08. The van der Waals surface area contributed by atoms with Crippen LogP contribution >= 0.6 is 0 Å². The summed E-state index contributed by atoms with van der Waals surface area (Å²) in [7, 11) is 2.05. The average molecular weight is 253 g/mol. The molecule has 0 aliphatic heterocycles. The Bertz CT molecular complexity index is 638. The predicted molar refractivity (Wildman–Crippen MR) is 79.2 cm³/mol. The third kappa shape index (κ3) is 2.26. The third-order valence-corrected chi connectivity index (χ3v) is 3.98. The largest absolute Gasteiger partial charge is 0.368 e. The lowest BCUT2D eigenvalue weighted by molar-refractivity contribution is 0.471. The molecule has 1 aromatic carbocycles. The van der Waals surface area contributed by atoms with E-state index in [-0.39, 0.29) is 5.54 Å². The molecule has 0 spiro atoms. The molecule has 98 valence electrons. The summed E-state index contributed by atoms with van der Waals surface area (Å²) < 4.78 is 0. The number of rotatable bonds is 3. The summed E-state index contributed by atoms with van der Waals surface area (Å²) >= 11 is 0. The normalized spacial score (nSPS) is 11.3. The number of pyridine rings is 1. The van der Waals surface area contributed by atoms with Gasteiger partial charge in [0.2, 0.25) is 0 Å². The van der Waals surface area contributed by atoms with Gasteiger partial charge in [0, 0.05) is 24.2 Å². The van der Waals surface area contributed by atoms with E-state index < -0.39 is 0 Å². The van der Waals surface area contributed by atoms with Crippen molar-refractivity contribution < 1.29 is 0 Å². The van der Waals surface area contributed by atoms with Gasteiger partial charge in [0.05, 0.1) is 16.8 Å². The van der Waals surface area contributed by atoms with Crippen molar-refractivity contribution in [2.24, 2.45) is 0 Å². The molecule has 19 heavy (non-hydrogen) atoms. The Labute approximate surface area is 114 Å². The van der Waals surface area contributed by atoms with Gasteiger partial charge in [-0.3, -0.25) is 4.98 Å². The zero-order valence-electron chi connectivity index (χ0n) is 11.9. The minimum atomic E-state index is -0.00424. The number of hydrogen-bond donors (Lipinski definition) is 0. The molecule has 0 aliphatic carbocycles. The molecule has 0 bridgehead atoms. The molecule has 1 aromatic heterocycles. The second kappa shape index (κ2) is 4.89. The van der Waals surface area contributed by atoms with Gasteiger partial charge in [-0.25, -0.2) is 0 Å². The number of fused-ring (bicyclic) bond motifs is 1. The van der Waals surface area contributed by atoms with Crippen LogP contribution in [0.25, 0.3) is 10.9 Å². The maximum Gasteiger partial charge on any atom is 0.103 e. The molecule has 0 N–H and O–H groups in total. The van der Waals surface area contributed by atoms with Crippen molar-refractivity contribution in [2.75, 3.05) is 11.9 Å². The van der Waals surface area contributed by atoms with Crippen LogP contribution in [0.1, 0.15) is 32.8 Å². The minimum Gasteiger partial charge on any atom is -0.368 e. The SMILES string of the molecule is CCC(C)(C)N(C)c1c(C#N)cnc2ccccc12. The van der Waals surface area contributed by atoms with Crippen LogP contribution in [0.5, 0.6) is 0 Å². The maximum absolute atomic E-state index is 9.35. The van der Waals surface area contributed by atoms with Crippen molar-refractivity contribution in [2.45, 2.75) is 32.7 Å². The fourth-order valence-electron chi connectivity index (χ4n) is 2.11. The summed E-state index contributed by atoms with van der Waals surface area (Å²) in [6.45, 7) is 6.53. The van der Waals surface area contributed by atoms with Crippen LogP contribution in [0.2, 0.25) is 0 Å². The number of nitrogens with zero attached hydrogens (tertiary/aromatic N) is 3. The third-order valence-electron chi connectivity index (χ3n) is 3.98. The van der Waals surface area contributed by atoms with Crippen LogP contribution in [0.4, 0.5) is 5.69 Å². The summed E-state index contributed by atoms with van der Waals surface area (Å²) in [5, 5.41) is 10.4. The second-order valence-corrected chi connectivity index (χ2v) is 5.37. The zero-order chi connectivity index (χ0) is 14.0. The van der Waals surface area contributed by atoms with E-state index in [2.05, 4.69) is 36.7 Å². The van der Waals surface area contributed by atoms with Crippen LogP contribution in [-0.4, -0.2) is 17.6 Å². The van der Waals surface area contributed by atoms with Crippen molar-refractivity contribution in [3.8, 4) is 6.07 Å². The highest BCUT2D eigenvalue weighted by atomic mass is 15.2. The van der Waals surface area contributed by atoms with E-state index in [0.717, 1.165) is 23.0 Å². The first-order valence-corrected chi connectivity index (χ1v) is 6.53. The van der Waals surface area contributed by atoms with Crippen molar-refractivity contribution >= 4 is 16.6 Å². The summed E-state index contributed by atoms with van der Waals surface area (Å²) in [6.07, 6.45) is 2.67. The number of anilines is 1. The van der Waals surface area contributed by atoms with Crippen LogP contribution in [-0.2, 0) is 0 Å². The van der Waals surface area contributed by atoms with Gasteiger partial charge in [-0.2, -0.15) is 5.26 Å². The number of para-hydroxylation sites is 1. The van der Waals surface area contributed by atoms with Crippen molar-refractivity contribution in [3.63, 3.8) is 0 Å². The van der Waals surface area contributed by atoms with E-state index in [9.17, 15) is 5.26 Å². The van der Waals surface area contributed by atoms with E-state index in [1.54, 1.807) is 6.20 Å². The fourth-order valence-corrected chi connectivity index (χ4v) is 2.11. The van der Waals surface area contributed by atoms with E-state index >= 15 is 0 Å². The molecule has 3 heteroatoms. The molecule has 2 rings (SSSR count). The Balaban J connectivity index is 2.73. The van der Waals surface area contributed by atoms with Gasteiger partial charge < -0.3 is 4.90 Å². The van der Waals surface area contributed by atoms with E-state index in [0.29, 0.717) is 5.56 Å². The van der Waals surface area contributed by atoms with E-state index in [1.807, 2.05) is 31.3 Å². The maximum atomic E-state index is 9.35. The Morgan fingerprint density at radius 1 is 1.32 bits per heavy atom. The smallest absolute Gasteiger partial charge is 0.103 e. The average Bonchev–Trinajstić information content (AvgIpc) is 2.45. The Kier molecular flexibility index (Phi) is 3.44. The summed E-state index contributed by atoms with van der Waals surface area (Å²) in [5.74, 6) is 0. The van der Waals surface area contributed by atoms with Gasteiger partial charge in [-0.15, -0.1) is 0 Å². The van der Waals surface area contributed by atoms with Crippen LogP contribution in [0.15, 0.2) is 30.5 Å². The molecule has 0 aliphatic rings. The lowest BCUT2D eigenvalue weighted by Crippen LogP contribution is -2.41. The highest BCUT2D eigenvalue weighted by molar-refractivity contribution is 5.94. The first-order valence-electron chi connectivity index (χ1n) is 6.53. The molecule has 0 amide bonds. The van der Waals surface area contributed by atoms with Gasteiger partial charge in [-0.1, -0.05) is 25.1 Å². The van der Waals surface area contributed by atoms with Crippen LogP contribution in [0.3, 0.4) is 0 Å². The van der Waals surface area contributed by atoms with Gasteiger partial charge in [0.25, 0.3) is 0 Å². The van der Waals surface area contributed by atoms with Crippen molar-refractivity contribution in [1.29, 1.82) is 5.26 Å². The van der Waals surface area contributed by atoms with Gasteiger partial charge >= 0.3 is 0 Å². The van der Waals surface area contributed by atoms with Crippen LogP contribution in [0, 0.1) is 11.3 Å². The molecule has 0 unspecified atom stereocenters. The topological polar surface area (TPSA) is 39.9 Å². The first kappa shape index (κ1) is 13.4. The molecule has 0 saturated heterocycles. The molecule has 1 heterocycles. The molecule has 0 radical (unpaired) electrons. The number of benzene rings is 1. The molecule has 2 aromatic rings. The summed E-state index contributed by atoms with van der Waals surface area (Å²) in [6, 6.07) is 10.2. The molecule has 0 fully saturated rings. The lowest BCUT2D eigenvalue weighted by atomic mass is 9.97. The Morgan fingerprint density at radius 3 is 2.63 bits per heavy atom. The highest BCUT2D eigenvalue weighted by Gasteiger charge is 2.25. The number of hydrogen-bond acceptors (Lipinski definition) is 3. The van der Waals surface area contributed by atoms with E-state index in [1.165, 1.54) is 0 Å². The van der Waals surface area contributed by atoms with Crippen LogP contribution < -0.4 is 4.90 Å².